The lowest BCUT2D eigenvalue weighted by Gasteiger charge is -2.10. The minimum absolute atomic E-state index is 0.157. The van der Waals surface area contributed by atoms with Gasteiger partial charge in [0.1, 0.15) is 5.82 Å². The monoisotopic (exact) mass is 419 g/mol. The summed E-state index contributed by atoms with van der Waals surface area (Å²) in [6.45, 7) is 0. The molecular formula is C15H9F4N3O5S. The number of nitro groups is 2. The third kappa shape index (κ3) is 4.94. The molecule has 2 rings (SSSR count). The molecule has 0 aliphatic heterocycles. The van der Waals surface area contributed by atoms with Gasteiger partial charge in [-0.05, 0) is 12.1 Å². The molecule has 0 atom stereocenters. The van der Waals surface area contributed by atoms with Gasteiger partial charge in [-0.1, -0.05) is 12.1 Å². The number of halogens is 4. The zero-order valence-corrected chi connectivity index (χ0v) is 14.3. The predicted molar refractivity (Wildman–Crippen MR) is 90.5 cm³/mol. The van der Waals surface area contributed by atoms with Gasteiger partial charge in [0, 0.05) is 12.1 Å². The van der Waals surface area contributed by atoms with Crippen molar-refractivity contribution in [2.45, 2.75) is 11.1 Å². The number of rotatable bonds is 6. The number of alkyl halides is 3. The second-order valence-electron chi connectivity index (χ2n) is 5.17. The van der Waals surface area contributed by atoms with Gasteiger partial charge in [0.05, 0.1) is 26.9 Å². The van der Waals surface area contributed by atoms with E-state index in [2.05, 4.69) is 5.32 Å². The van der Waals surface area contributed by atoms with Crippen LogP contribution in [0, 0.1) is 26.0 Å². The number of thioether (sulfide) groups is 1. The van der Waals surface area contributed by atoms with E-state index >= 15 is 0 Å². The van der Waals surface area contributed by atoms with Gasteiger partial charge in [-0.25, -0.2) is 4.39 Å². The Kier molecular flexibility index (Phi) is 6.18. The van der Waals surface area contributed by atoms with Crippen molar-refractivity contribution in [1.82, 2.24) is 0 Å². The molecule has 0 aliphatic carbocycles. The summed E-state index contributed by atoms with van der Waals surface area (Å²) in [5.74, 6) is -2.26. The van der Waals surface area contributed by atoms with Crippen LogP contribution in [0.3, 0.4) is 0 Å². The van der Waals surface area contributed by atoms with Crippen LogP contribution in [0.2, 0.25) is 0 Å². The number of benzene rings is 2. The maximum atomic E-state index is 13.5. The molecule has 0 aliphatic rings. The van der Waals surface area contributed by atoms with Crippen molar-refractivity contribution in [2.75, 3.05) is 11.1 Å². The zero-order valence-electron chi connectivity index (χ0n) is 13.5. The number of para-hydroxylation sites is 1. The number of amides is 1. The van der Waals surface area contributed by atoms with E-state index in [4.69, 9.17) is 0 Å². The molecule has 1 amide bonds. The van der Waals surface area contributed by atoms with Crippen LogP contribution in [-0.2, 0) is 11.0 Å². The maximum Gasteiger partial charge on any atom is 0.416 e. The number of carbonyl (C=O) groups is 1. The third-order valence-electron chi connectivity index (χ3n) is 3.27. The average molecular weight is 419 g/mol. The molecule has 0 fully saturated rings. The van der Waals surface area contributed by atoms with E-state index in [0.29, 0.717) is 11.8 Å². The number of hydrogen-bond acceptors (Lipinski definition) is 6. The van der Waals surface area contributed by atoms with Crippen molar-refractivity contribution in [2.24, 2.45) is 0 Å². The van der Waals surface area contributed by atoms with Crippen LogP contribution in [0.4, 0.5) is 34.6 Å². The molecule has 8 nitrogen and oxygen atoms in total. The van der Waals surface area contributed by atoms with E-state index < -0.39 is 55.3 Å². The smallest absolute Gasteiger partial charge is 0.323 e. The summed E-state index contributed by atoms with van der Waals surface area (Å²) in [7, 11) is 0. The van der Waals surface area contributed by atoms with Gasteiger partial charge in [0.2, 0.25) is 5.91 Å². The number of carbonyl (C=O) groups excluding carboxylic acids is 1. The van der Waals surface area contributed by atoms with Gasteiger partial charge >= 0.3 is 6.18 Å². The van der Waals surface area contributed by atoms with Crippen LogP contribution in [0.15, 0.2) is 41.3 Å². The quantitative estimate of drug-likeness (QED) is 0.321. The van der Waals surface area contributed by atoms with Crippen molar-refractivity contribution in [3.63, 3.8) is 0 Å². The van der Waals surface area contributed by atoms with Crippen molar-refractivity contribution < 1.29 is 32.2 Å². The Labute approximate surface area is 157 Å². The molecule has 148 valence electrons. The lowest BCUT2D eigenvalue weighted by Crippen LogP contribution is -2.15. The molecule has 1 N–H and O–H groups in total. The molecule has 0 saturated carbocycles. The molecule has 0 unspecified atom stereocenters. The number of nitrogens with zero attached hydrogens (tertiary/aromatic N) is 2. The highest BCUT2D eigenvalue weighted by atomic mass is 32.2. The second kappa shape index (κ2) is 8.21. The number of anilines is 1. The lowest BCUT2D eigenvalue weighted by atomic mass is 10.1. The Bertz CT molecular complexity index is 917. The predicted octanol–water partition coefficient (Wildman–Crippen LogP) is 4.39. The summed E-state index contributed by atoms with van der Waals surface area (Å²) in [5.41, 5.74) is -4.08. The molecular weight excluding hydrogens is 410 g/mol. The van der Waals surface area contributed by atoms with Crippen LogP contribution in [0.25, 0.3) is 0 Å². The second-order valence-corrected chi connectivity index (χ2v) is 6.16. The van der Waals surface area contributed by atoms with E-state index in [1.165, 1.54) is 18.2 Å². The zero-order chi connectivity index (χ0) is 21.1. The van der Waals surface area contributed by atoms with Crippen molar-refractivity contribution in [3.05, 3.63) is 68.0 Å². The normalized spacial score (nSPS) is 11.1. The van der Waals surface area contributed by atoms with Gasteiger partial charge < -0.3 is 5.32 Å². The van der Waals surface area contributed by atoms with Crippen molar-refractivity contribution >= 4 is 34.7 Å². The summed E-state index contributed by atoms with van der Waals surface area (Å²) < 4.78 is 52.0. The van der Waals surface area contributed by atoms with Gasteiger partial charge in [-0.2, -0.15) is 13.2 Å². The SMILES string of the molecule is O=C(CSc1c([N+](=O)[O-])cc(C(F)(F)F)cc1[N+](=O)[O-])Nc1ccccc1F. The van der Waals surface area contributed by atoms with E-state index in [9.17, 15) is 42.6 Å². The van der Waals surface area contributed by atoms with E-state index in [1.54, 1.807) is 0 Å². The van der Waals surface area contributed by atoms with Crippen LogP contribution >= 0.6 is 11.8 Å². The highest BCUT2D eigenvalue weighted by Crippen LogP contribution is 2.42. The Balaban J connectivity index is 2.33. The Morgan fingerprint density at radius 1 is 1.07 bits per heavy atom. The Morgan fingerprint density at radius 3 is 2.07 bits per heavy atom. The summed E-state index contributed by atoms with van der Waals surface area (Å²) in [6.07, 6.45) is -5.04. The first kappa shape index (κ1) is 21.1. The maximum absolute atomic E-state index is 13.5. The molecule has 0 bridgehead atoms. The van der Waals surface area contributed by atoms with Crippen molar-refractivity contribution in [1.29, 1.82) is 0 Å². The van der Waals surface area contributed by atoms with Gasteiger partial charge in [-0.15, -0.1) is 11.8 Å². The van der Waals surface area contributed by atoms with Crippen LogP contribution in [-0.4, -0.2) is 21.5 Å². The highest BCUT2D eigenvalue weighted by Gasteiger charge is 2.37. The molecule has 0 heterocycles. The fraction of sp³-hybridized carbons (Fsp3) is 0.133. The highest BCUT2D eigenvalue weighted by molar-refractivity contribution is 8.00. The van der Waals surface area contributed by atoms with Crippen LogP contribution in [0.5, 0.6) is 0 Å². The van der Waals surface area contributed by atoms with Crippen molar-refractivity contribution in [3.8, 4) is 0 Å². The number of nitro benzene ring substituents is 2. The molecule has 2 aromatic carbocycles. The molecule has 2 aromatic rings. The minimum Gasteiger partial charge on any atom is -0.323 e. The molecule has 28 heavy (non-hydrogen) atoms. The topological polar surface area (TPSA) is 115 Å². The van der Waals surface area contributed by atoms with Gasteiger partial charge in [-0.3, -0.25) is 25.0 Å². The van der Waals surface area contributed by atoms with E-state index in [1.807, 2.05) is 0 Å². The summed E-state index contributed by atoms with van der Waals surface area (Å²) in [5, 5.41) is 24.4. The third-order valence-corrected chi connectivity index (χ3v) is 4.38. The Morgan fingerprint density at radius 2 is 1.61 bits per heavy atom. The molecule has 0 spiro atoms. The van der Waals surface area contributed by atoms with E-state index in [0.717, 1.165) is 6.07 Å². The van der Waals surface area contributed by atoms with Crippen LogP contribution in [0.1, 0.15) is 5.56 Å². The summed E-state index contributed by atoms with van der Waals surface area (Å²) in [6, 6.07) is 5.41. The molecule has 0 radical (unpaired) electrons. The van der Waals surface area contributed by atoms with Gasteiger partial charge in [0.25, 0.3) is 11.4 Å². The minimum atomic E-state index is -5.04. The summed E-state index contributed by atoms with van der Waals surface area (Å²) in [4.78, 5) is 31.0. The first-order valence-electron chi connectivity index (χ1n) is 7.22. The Hall–Kier alpha value is -3.22. The number of nitrogens with one attached hydrogen (secondary N) is 1. The lowest BCUT2D eigenvalue weighted by molar-refractivity contribution is -0.400. The fourth-order valence-corrected chi connectivity index (χ4v) is 2.98. The largest absolute Gasteiger partial charge is 0.416 e. The van der Waals surface area contributed by atoms with Gasteiger partial charge in [0.15, 0.2) is 4.90 Å². The summed E-state index contributed by atoms with van der Waals surface area (Å²) >= 11 is 0.298. The molecule has 0 aromatic heterocycles. The molecule has 13 heteroatoms. The first-order valence-corrected chi connectivity index (χ1v) is 8.20. The average Bonchev–Trinajstić information content (AvgIpc) is 2.60. The molecule has 0 saturated heterocycles. The van der Waals surface area contributed by atoms with E-state index in [-0.39, 0.29) is 17.8 Å². The number of hydrogen-bond donors (Lipinski definition) is 1. The van der Waals surface area contributed by atoms with Crippen LogP contribution < -0.4 is 5.32 Å². The standard InChI is InChI=1S/C15H9F4N3O5S/c16-9-3-1-2-4-10(9)20-13(23)7-28-14-11(21(24)25)5-8(15(17,18)19)6-12(14)22(26)27/h1-6H,7H2,(H,20,23). The first-order chi connectivity index (χ1) is 13.0. The fourth-order valence-electron chi connectivity index (χ4n) is 2.07.